The second-order valence-corrected chi connectivity index (χ2v) is 13.5. The van der Waals surface area contributed by atoms with Gasteiger partial charge in [0.1, 0.15) is 29.9 Å². The van der Waals surface area contributed by atoms with Crippen LogP contribution in [0.5, 0.6) is 5.75 Å². The molecular formula is C38H49N5O7S. The van der Waals surface area contributed by atoms with Crippen LogP contribution in [0, 0.1) is 5.92 Å². The Bertz CT molecular complexity index is 1580. The van der Waals surface area contributed by atoms with E-state index in [1.807, 2.05) is 25.3 Å². The molecule has 3 rings (SSSR count). The molecule has 0 aliphatic heterocycles. The topological polar surface area (TPSA) is 200 Å². The molecule has 0 unspecified atom stereocenters. The molecule has 0 aliphatic carbocycles. The Morgan fingerprint density at radius 1 is 0.667 bits per heavy atom. The van der Waals surface area contributed by atoms with Crippen LogP contribution in [0.15, 0.2) is 84.9 Å². The average molecular weight is 720 g/mol. The number of amides is 4. The third kappa shape index (κ3) is 13.4. The summed E-state index contributed by atoms with van der Waals surface area (Å²) in [7, 11) is 0. The van der Waals surface area contributed by atoms with Crippen molar-refractivity contribution in [2.45, 2.75) is 76.2 Å². The van der Waals surface area contributed by atoms with Gasteiger partial charge in [-0.05, 0) is 59.6 Å². The molecule has 13 heteroatoms. The van der Waals surface area contributed by atoms with Crippen molar-refractivity contribution in [1.29, 1.82) is 0 Å². The average Bonchev–Trinajstić information content (AvgIpc) is 3.12. The first-order valence-electron chi connectivity index (χ1n) is 17.0. The molecule has 0 radical (unpaired) electrons. The third-order valence-corrected chi connectivity index (χ3v) is 9.22. The summed E-state index contributed by atoms with van der Waals surface area (Å²) in [6.45, 7) is 3.55. The molecule has 0 heterocycles. The minimum Gasteiger partial charge on any atom is -0.508 e. The van der Waals surface area contributed by atoms with Gasteiger partial charge < -0.3 is 37.2 Å². The summed E-state index contributed by atoms with van der Waals surface area (Å²) >= 11 is 1.49. The van der Waals surface area contributed by atoms with E-state index >= 15 is 0 Å². The van der Waals surface area contributed by atoms with Gasteiger partial charge in [-0.25, -0.2) is 4.79 Å². The lowest BCUT2D eigenvalue weighted by Gasteiger charge is -2.27. The number of thioether (sulfide) groups is 1. The number of benzene rings is 3. The van der Waals surface area contributed by atoms with Gasteiger partial charge in [-0.15, -0.1) is 0 Å². The number of hydrogen-bond donors (Lipinski definition) is 7. The number of nitrogens with two attached hydrogens (primary N) is 1. The van der Waals surface area contributed by atoms with Crippen molar-refractivity contribution < 1.29 is 34.2 Å². The predicted molar refractivity (Wildman–Crippen MR) is 198 cm³/mol. The van der Waals surface area contributed by atoms with E-state index < -0.39 is 59.8 Å². The molecule has 0 bridgehead atoms. The highest BCUT2D eigenvalue weighted by Gasteiger charge is 2.33. The summed E-state index contributed by atoms with van der Waals surface area (Å²) in [4.78, 5) is 66.7. The number of nitrogens with one attached hydrogen (secondary N) is 4. The molecule has 8 N–H and O–H groups in total. The van der Waals surface area contributed by atoms with Crippen LogP contribution in [0.4, 0.5) is 0 Å². The van der Waals surface area contributed by atoms with Crippen molar-refractivity contribution in [3.05, 3.63) is 102 Å². The van der Waals surface area contributed by atoms with Gasteiger partial charge >= 0.3 is 5.97 Å². The number of phenols is 1. The zero-order chi connectivity index (χ0) is 37.3. The smallest absolute Gasteiger partial charge is 0.326 e. The van der Waals surface area contributed by atoms with Crippen molar-refractivity contribution in [3.63, 3.8) is 0 Å². The summed E-state index contributed by atoms with van der Waals surface area (Å²) in [5.74, 6) is -3.41. The summed E-state index contributed by atoms with van der Waals surface area (Å²) in [6.07, 6.45) is 2.96. The SMILES string of the molecule is CC[C@H](C)[C@H](NC(=O)[C@H](Cc1ccccc1)NC(=O)[C@H](Cc1ccccc1)NC(=O)[C@H](CCSC)NC(=O)[C@@H](N)Cc1ccc(O)cc1)C(=O)O. The number of hydrogen-bond acceptors (Lipinski definition) is 8. The highest BCUT2D eigenvalue weighted by Crippen LogP contribution is 2.13. The Morgan fingerprint density at radius 2 is 1.12 bits per heavy atom. The zero-order valence-electron chi connectivity index (χ0n) is 29.2. The standard InChI is InChI=1S/C38H49N5O7S/c1-4-24(2)33(38(49)50)43-37(48)32(23-26-13-9-6-10-14-26)42-36(47)31(22-25-11-7-5-8-12-25)41-35(46)30(19-20-51-3)40-34(45)29(39)21-27-15-17-28(44)18-16-27/h5-18,24,29-33,44H,4,19-23,39H2,1-3H3,(H,40,45)(H,41,46)(H,42,47)(H,43,48)(H,49,50)/t24-,29-,30-,31-,32-,33-/m0/s1. The van der Waals surface area contributed by atoms with Crippen molar-refractivity contribution in [3.8, 4) is 5.75 Å². The van der Waals surface area contributed by atoms with E-state index in [0.717, 1.165) is 16.7 Å². The maximum absolute atomic E-state index is 14.0. The van der Waals surface area contributed by atoms with Gasteiger partial charge in [0.2, 0.25) is 23.6 Å². The fourth-order valence-corrected chi connectivity index (χ4v) is 5.83. The van der Waals surface area contributed by atoms with E-state index in [1.54, 1.807) is 67.6 Å². The number of carbonyl (C=O) groups excluding carboxylic acids is 4. The lowest BCUT2D eigenvalue weighted by atomic mass is 9.97. The lowest BCUT2D eigenvalue weighted by molar-refractivity contribution is -0.143. The fourth-order valence-electron chi connectivity index (χ4n) is 5.36. The Morgan fingerprint density at radius 3 is 1.59 bits per heavy atom. The normalized spacial score (nSPS) is 14.5. The van der Waals surface area contributed by atoms with Crippen LogP contribution in [-0.2, 0) is 43.2 Å². The van der Waals surface area contributed by atoms with Gasteiger partial charge in [-0.1, -0.05) is 93.1 Å². The Balaban J connectivity index is 1.85. The number of carboxylic acids is 1. The van der Waals surface area contributed by atoms with Crippen LogP contribution < -0.4 is 27.0 Å². The largest absolute Gasteiger partial charge is 0.508 e. The molecule has 0 aromatic heterocycles. The summed E-state index contributed by atoms with van der Waals surface area (Å²) in [5, 5.41) is 30.3. The van der Waals surface area contributed by atoms with Crippen LogP contribution in [-0.4, -0.2) is 82.0 Å². The van der Waals surface area contributed by atoms with Gasteiger partial charge in [0.15, 0.2) is 0 Å². The van der Waals surface area contributed by atoms with Gasteiger partial charge in [-0.2, -0.15) is 11.8 Å². The van der Waals surface area contributed by atoms with Gasteiger partial charge in [0.05, 0.1) is 6.04 Å². The number of aliphatic carboxylic acids is 1. The molecule has 4 amide bonds. The van der Waals surface area contributed by atoms with E-state index in [4.69, 9.17) is 5.73 Å². The van der Waals surface area contributed by atoms with Crippen LogP contribution in [0.2, 0.25) is 0 Å². The molecule has 6 atom stereocenters. The molecule has 0 fully saturated rings. The molecule has 0 saturated carbocycles. The fraction of sp³-hybridized carbons (Fsp3) is 0.395. The van der Waals surface area contributed by atoms with Gasteiger partial charge in [0.25, 0.3) is 0 Å². The van der Waals surface area contributed by atoms with Crippen molar-refractivity contribution in [2.24, 2.45) is 11.7 Å². The zero-order valence-corrected chi connectivity index (χ0v) is 30.0. The second kappa shape index (κ2) is 20.7. The third-order valence-electron chi connectivity index (χ3n) is 8.58. The van der Waals surface area contributed by atoms with E-state index in [-0.39, 0.29) is 37.4 Å². The summed E-state index contributed by atoms with van der Waals surface area (Å²) in [5.41, 5.74) is 8.40. The number of carboxylic acid groups (broad SMARTS) is 1. The minimum atomic E-state index is -1.18. The van der Waals surface area contributed by atoms with Crippen LogP contribution in [0.1, 0.15) is 43.4 Å². The monoisotopic (exact) mass is 719 g/mol. The molecule has 51 heavy (non-hydrogen) atoms. The minimum absolute atomic E-state index is 0.0720. The van der Waals surface area contributed by atoms with E-state index in [0.29, 0.717) is 12.2 Å². The molecule has 274 valence electrons. The number of aromatic hydroxyl groups is 1. The molecule has 12 nitrogen and oxygen atoms in total. The maximum Gasteiger partial charge on any atom is 0.326 e. The second-order valence-electron chi connectivity index (χ2n) is 12.5. The van der Waals surface area contributed by atoms with Crippen LogP contribution >= 0.6 is 11.8 Å². The van der Waals surface area contributed by atoms with E-state index in [9.17, 15) is 34.2 Å². The summed E-state index contributed by atoms with van der Waals surface area (Å²) < 4.78 is 0. The highest BCUT2D eigenvalue weighted by atomic mass is 32.2. The van der Waals surface area contributed by atoms with E-state index in [2.05, 4.69) is 21.3 Å². The predicted octanol–water partition coefficient (Wildman–Crippen LogP) is 2.57. The molecular weight excluding hydrogens is 671 g/mol. The number of rotatable bonds is 20. The quantitative estimate of drug-likeness (QED) is 0.0917. The lowest BCUT2D eigenvalue weighted by Crippen LogP contribution is -2.59. The molecule has 0 saturated heterocycles. The number of carbonyl (C=O) groups is 5. The van der Waals surface area contributed by atoms with Gasteiger partial charge in [0, 0.05) is 12.8 Å². The highest BCUT2D eigenvalue weighted by molar-refractivity contribution is 7.98. The van der Waals surface area contributed by atoms with E-state index in [1.165, 1.54) is 23.9 Å². The Labute approximate surface area is 303 Å². The first-order chi connectivity index (χ1) is 24.4. The van der Waals surface area contributed by atoms with Crippen molar-refractivity contribution in [1.82, 2.24) is 21.3 Å². The molecule has 3 aromatic rings. The van der Waals surface area contributed by atoms with Crippen LogP contribution in [0.3, 0.4) is 0 Å². The Kier molecular flexibility index (Phi) is 16.5. The molecule has 3 aromatic carbocycles. The van der Waals surface area contributed by atoms with Gasteiger partial charge in [-0.3, -0.25) is 19.2 Å². The van der Waals surface area contributed by atoms with Crippen molar-refractivity contribution >= 4 is 41.4 Å². The number of phenolic OH excluding ortho intramolecular Hbond substituents is 1. The molecule has 0 aliphatic rings. The first kappa shape index (κ1) is 40.5. The first-order valence-corrected chi connectivity index (χ1v) is 18.4. The molecule has 0 spiro atoms. The van der Waals surface area contributed by atoms with Crippen LogP contribution in [0.25, 0.3) is 0 Å². The maximum atomic E-state index is 14.0. The Hall–Kier alpha value is -4.88. The van der Waals surface area contributed by atoms with Crippen molar-refractivity contribution in [2.75, 3.05) is 12.0 Å². The summed E-state index contributed by atoms with van der Waals surface area (Å²) in [6, 6.07) is 18.9.